The van der Waals surface area contributed by atoms with Gasteiger partial charge >= 0.3 is 0 Å². The van der Waals surface area contributed by atoms with Crippen molar-refractivity contribution in [2.75, 3.05) is 33.3 Å². The fourth-order valence-electron chi connectivity index (χ4n) is 2.17. The summed E-state index contributed by atoms with van der Waals surface area (Å²) in [7, 11) is 1.57. The van der Waals surface area contributed by atoms with Crippen LogP contribution in [0.25, 0.3) is 0 Å². The summed E-state index contributed by atoms with van der Waals surface area (Å²) in [6.07, 6.45) is 0. The van der Waals surface area contributed by atoms with E-state index in [1.54, 1.807) is 7.11 Å². The molecule has 1 fully saturated rings. The van der Waals surface area contributed by atoms with Crippen molar-refractivity contribution >= 4 is 0 Å². The first-order valence-electron chi connectivity index (χ1n) is 5.97. The molecule has 1 aliphatic rings. The van der Waals surface area contributed by atoms with Crippen molar-refractivity contribution in [2.24, 2.45) is 0 Å². The maximum absolute atomic E-state index is 13.8. The molecule has 94 valence electrons. The molecule has 3 nitrogen and oxygen atoms in total. The molecule has 0 aromatic heterocycles. The van der Waals surface area contributed by atoms with Gasteiger partial charge in [0.25, 0.3) is 0 Å². The van der Waals surface area contributed by atoms with E-state index in [-0.39, 0.29) is 5.82 Å². The predicted octanol–water partition coefficient (Wildman–Crippen LogP) is 1.55. The summed E-state index contributed by atoms with van der Waals surface area (Å²) < 4.78 is 19.0. The van der Waals surface area contributed by atoms with Crippen LogP contribution in [-0.4, -0.2) is 38.2 Å². The molecular weight excluding hydrogens is 219 g/mol. The number of rotatable bonds is 3. The summed E-state index contributed by atoms with van der Waals surface area (Å²) in [6.45, 7) is 6.54. The highest BCUT2D eigenvalue weighted by molar-refractivity contribution is 5.37. The average molecular weight is 238 g/mol. The van der Waals surface area contributed by atoms with Crippen molar-refractivity contribution in [1.29, 1.82) is 0 Å². The van der Waals surface area contributed by atoms with E-state index in [4.69, 9.17) is 4.74 Å². The fourth-order valence-corrected chi connectivity index (χ4v) is 2.17. The Bertz CT molecular complexity index is 389. The van der Waals surface area contributed by atoms with E-state index in [0.717, 1.165) is 37.3 Å². The molecule has 1 heterocycles. The van der Waals surface area contributed by atoms with Crippen LogP contribution in [0.1, 0.15) is 11.1 Å². The molecule has 1 aromatic carbocycles. The minimum Gasteiger partial charge on any atom is -0.496 e. The van der Waals surface area contributed by atoms with Gasteiger partial charge in [-0.3, -0.25) is 4.90 Å². The molecule has 1 aromatic rings. The number of hydrogen-bond acceptors (Lipinski definition) is 3. The van der Waals surface area contributed by atoms with E-state index in [1.165, 1.54) is 6.07 Å². The lowest BCUT2D eigenvalue weighted by Gasteiger charge is -2.27. The highest BCUT2D eigenvalue weighted by Crippen LogP contribution is 2.22. The van der Waals surface area contributed by atoms with Gasteiger partial charge in [-0.1, -0.05) is 0 Å². The number of ether oxygens (including phenoxy) is 1. The Hall–Kier alpha value is -1.13. The Labute approximate surface area is 102 Å². The third-order valence-corrected chi connectivity index (χ3v) is 3.17. The Morgan fingerprint density at radius 1 is 1.35 bits per heavy atom. The van der Waals surface area contributed by atoms with Crippen LogP contribution in [-0.2, 0) is 6.54 Å². The Balaban J connectivity index is 2.12. The molecule has 0 atom stereocenters. The molecule has 2 rings (SSSR count). The van der Waals surface area contributed by atoms with Crippen LogP contribution in [0.2, 0.25) is 0 Å². The van der Waals surface area contributed by atoms with Gasteiger partial charge < -0.3 is 10.1 Å². The Morgan fingerprint density at radius 2 is 2.06 bits per heavy atom. The van der Waals surface area contributed by atoms with E-state index >= 15 is 0 Å². The van der Waals surface area contributed by atoms with E-state index < -0.39 is 0 Å². The van der Waals surface area contributed by atoms with Crippen molar-refractivity contribution in [3.05, 3.63) is 29.1 Å². The average Bonchev–Trinajstić information content (AvgIpc) is 2.34. The summed E-state index contributed by atoms with van der Waals surface area (Å²) >= 11 is 0. The Morgan fingerprint density at radius 3 is 2.71 bits per heavy atom. The minimum atomic E-state index is -0.175. The van der Waals surface area contributed by atoms with Crippen molar-refractivity contribution in [2.45, 2.75) is 13.5 Å². The molecule has 1 aliphatic heterocycles. The molecule has 0 saturated carbocycles. The lowest BCUT2D eigenvalue weighted by Crippen LogP contribution is -2.43. The van der Waals surface area contributed by atoms with E-state index in [9.17, 15) is 4.39 Å². The van der Waals surface area contributed by atoms with Crippen LogP contribution in [0.4, 0.5) is 4.39 Å². The van der Waals surface area contributed by atoms with E-state index in [2.05, 4.69) is 10.2 Å². The maximum Gasteiger partial charge on any atom is 0.131 e. The van der Waals surface area contributed by atoms with Crippen molar-refractivity contribution < 1.29 is 9.13 Å². The third-order valence-electron chi connectivity index (χ3n) is 3.17. The zero-order valence-corrected chi connectivity index (χ0v) is 10.4. The summed E-state index contributed by atoms with van der Waals surface area (Å²) in [5, 5.41) is 3.29. The van der Waals surface area contributed by atoms with Gasteiger partial charge in [-0.2, -0.15) is 0 Å². The number of benzene rings is 1. The zero-order valence-electron chi connectivity index (χ0n) is 10.4. The highest BCUT2D eigenvalue weighted by atomic mass is 19.1. The maximum atomic E-state index is 13.8. The van der Waals surface area contributed by atoms with E-state index in [1.807, 2.05) is 13.0 Å². The highest BCUT2D eigenvalue weighted by Gasteiger charge is 2.14. The molecule has 0 amide bonds. The SMILES string of the molecule is COc1cc(F)c(CN2CCNCC2)cc1C. The van der Waals surface area contributed by atoms with Gasteiger partial charge in [0.15, 0.2) is 0 Å². The van der Waals surface area contributed by atoms with Crippen molar-refractivity contribution in [3.8, 4) is 5.75 Å². The first-order chi connectivity index (χ1) is 8.20. The molecule has 1 saturated heterocycles. The minimum absolute atomic E-state index is 0.175. The lowest BCUT2D eigenvalue weighted by molar-refractivity contribution is 0.230. The predicted molar refractivity (Wildman–Crippen MR) is 65.8 cm³/mol. The van der Waals surface area contributed by atoms with Crippen LogP contribution in [0.3, 0.4) is 0 Å². The third kappa shape index (κ3) is 2.96. The van der Waals surface area contributed by atoms with Gasteiger partial charge in [0.1, 0.15) is 11.6 Å². The van der Waals surface area contributed by atoms with Crippen LogP contribution in [0, 0.1) is 12.7 Å². The first kappa shape index (κ1) is 12.3. The molecule has 1 N–H and O–H groups in total. The number of aryl methyl sites for hydroxylation is 1. The number of nitrogens with zero attached hydrogens (tertiary/aromatic N) is 1. The van der Waals surface area contributed by atoms with Gasteiger partial charge in [-0.05, 0) is 18.6 Å². The van der Waals surface area contributed by atoms with Crippen LogP contribution in [0.15, 0.2) is 12.1 Å². The molecule has 0 radical (unpaired) electrons. The second kappa shape index (κ2) is 5.47. The topological polar surface area (TPSA) is 24.5 Å². The molecule has 17 heavy (non-hydrogen) atoms. The summed E-state index contributed by atoms with van der Waals surface area (Å²) in [5.74, 6) is 0.442. The largest absolute Gasteiger partial charge is 0.496 e. The zero-order chi connectivity index (χ0) is 12.3. The number of halogens is 1. The summed E-state index contributed by atoms with van der Waals surface area (Å²) in [6, 6.07) is 3.36. The summed E-state index contributed by atoms with van der Waals surface area (Å²) in [5.41, 5.74) is 1.74. The standard InChI is InChI=1S/C13H19FN2O/c1-10-7-11(12(14)8-13(10)17-2)9-16-5-3-15-4-6-16/h7-8,15H,3-6,9H2,1-2H3. The number of piperazine rings is 1. The molecule has 0 unspecified atom stereocenters. The second-order valence-electron chi connectivity index (χ2n) is 4.44. The smallest absolute Gasteiger partial charge is 0.131 e. The summed E-state index contributed by atoms with van der Waals surface area (Å²) in [4.78, 5) is 2.26. The van der Waals surface area contributed by atoms with Gasteiger partial charge in [-0.25, -0.2) is 4.39 Å². The quantitative estimate of drug-likeness (QED) is 0.864. The van der Waals surface area contributed by atoms with Crippen LogP contribution >= 0.6 is 0 Å². The molecule has 0 spiro atoms. The second-order valence-corrected chi connectivity index (χ2v) is 4.44. The molecular formula is C13H19FN2O. The molecule has 0 bridgehead atoms. The lowest BCUT2D eigenvalue weighted by atomic mass is 10.1. The number of methoxy groups -OCH3 is 1. The van der Waals surface area contributed by atoms with Gasteiger partial charge in [0.05, 0.1) is 7.11 Å². The monoisotopic (exact) mass is 238 g/mol. The van der Waals surface area contributed by atoms with Crippen LogP contribution in [0.5, 0.6) is 5.75 Å². The Kier molecular flexibility index (Phi) is 3.97. The van der Waals surface area contributed by atoms with Gasteiger partial charge in [0.2, 0.25) is 0 Å². The molecule has 4 heteroatoms. The van der Waals surface area contributed by atoms with E-state index in [0.29, 0.717) is 12.3 Å². The van der Waals surface area contributed by atoms with Gasteiger partial charge in [-0.15, -0.1) is 0 Å². The first-order valence-corrected chi connectivity index (χ1v) is 5.97. The van der Waals surface area contributed by atoms with Gasteiger partial charge in [0, 0.05) is 44.4 Å². The van der Waals surface area contributed by atoms with Crippen molar-refractivity contribution in [1.82, 2.24) is 10.2 Å². The number of hydrogen-bond donors (Lipinski definition) is 1. The normalized spacial score (nSPS) is 17.1. The molecule has 0 aliphatic carbocycles. The fraction of sp³-hybridized carbons (Fsp3) is 0.538. The number of nitrogens with one attached hydrogen (secondary N) is 1. The van der Waals surface area contributed by atoms with Crippen LogP contribution < -0.4 is 10.1 Å². The van der Waals surface area contributed by atoms with Crippen molar-refractivity contribution in [3.63, 3.8) is 0 Å².